The minimum atomic E-state index is -1.60. The molecule has 1 N–H and O–H groups in total. The summed E-state index contributed by atoms with van der Waals surface area (Å²) in [5, 5.41) is 9.60. The van der Waals surface area contributed by atoms with Gasteiger partial charge in [0.2, 0.25) is 0 Å². The number of hydrogen-bond donors (Lipinski definition) is 1. The molecule has 0 rings (SSSR count). The van der Waals surface area contributed by atoms with Gasteiger partial charge in [-0.1, -0.05) is 41.5 Å². The van der Waals surface area contributed by atoms with E-state index < -0.39 is 8.32 Å². The first-order valence-electron chi connectivity index (χ1n) is 6.69. The van der Waals surface area contributed by atoms with Crippen molar-refractivity contribution in [3.05, 3.63) is 0 Å². The zero-order valence-electron chi connectivity index (χ0n) is 13.1. The molecule has 0 fully saturated rings. The maximum atomic E-state index is 9.32. The van der Waals surface area contributed by atoms with Crippen molar-refractivity contribution in [3.63, 3.8) is 0 Å². The van der Waals surface area contributed by atoms with Crippen LogP contribution in [0.15, 0.2) is 0 Å². The third-order valence-electron chi connectivity index (χ3n) is 4.56. The Labute approximate surface area is 109 Å². The summed E-state index contributed by atoms with van der Waals surface area (Å²) in [6, 6.07) is 0. The topological polar surface area (TPSA) is 29.5 Å². The molecule has 17 heavy (non-hydrogen) atoms. The average Bonchev–Trinajstić information content (AvgIpc) is 2.15. The van der Waals surface area contributed by atoms with Crippen molar-refractivity contribution in [2.75, 3.05) is 13.2 Å². The minimum Gasteiger partial charge on any atom is -0.417 e. The lowest BCUT2D eigenvalue weighted by Gasteiger charge is -2.37. The second kappa shape index (κ2) is 5.85. The summed E-state index contributed by atoms with van der Waals surface area (Å²) in [5.74, 6) is 0.484. The van der Waals surface area contributed by atoms with Crippen LogP contribution in [-0.4, -0.2) is 26.6 Å². The lowest BCUT2D eigenvalue weighted by Crippen LogP contribution is -2.41. The van der Waals surface area contributed by atoms with Gasteiger partial charge in [0.1, 0.15) is 0 Å². The number of hydrogen-bond acceptors (Lipinski definition) is 2. The van der Waals surface area contributed by atoms with Gasteiger partial charge in [0, 0.05) is 13.2 Å². The third kappa shape index (κ3) is 5.10. The number of rotatable bonds is 6. The fourth-order valence-electron chi connectivity index (χ4n) is 1.25. The van der Waals surface area contributed by atoms with Gasteiger partial charge in [0.05, 0.1) is 0 Å². The summed E-state index contributed by atoms with van der Waals surface area (Å²) in [7, 11) is -1.60. The van der Waals surface area contributed by atoms with Crippen LogP contribution in [0.1, 0.15) is 48.0 Å². The molecule has 0 aliphatic carbocycles. The molecule has 0 spiro atoms. The van der Waals surface area contributed by atoms with Gasteiger partial charge < -0.3 is 9.53 Å². The Morgan fingerprint density at radius 3 is 1.94 bits per heavy atom. The average molecular weight is 260 g/mol. The zero-order valence-corrected chi connectivity index (χ0v) is 14.1. The van der Waals surface area contributed by atoms with E-state index in [1.165, 1.54) is 0 Å². The van der Waals surface area contributed by atoms with Crippen molar-refractivity contribution in [2.24, 2.45) is 11.3 Å². The lowest BCUT2D eigenvalue weighted by atomic mass is 9.79. The van der Waals surface area contributed by atoms with Crippen molar-refractivity contribution >= 4 is 8.32 Å². The molecule has 104 valence electrons. The standard InChI is InChI=1S/C14H32O2Si/c1-12(14(5,6)11-15)9-10-16-17(7,8)13(2,3)4/h12,15H,9-11H2,1-8H3/t12-/m0/s1. The number of aliphatic hydroxyl groups excluding tert-OH is 1. The van der Waals surface area contributed by atoms with Crippen molar-refractivity contribution in [3.8, 4) is 0 Å². The molecule has 0 aromatic heterocycles. The van der Waals surface area contributed by atoms with Crippen LogP contribution in [0, 0.1) is 11.3 Å². The van der Waals surface area contributed by atoms with Crippen LogP contribution in [0.25, 0.3) is 0 Å². The molecule has 0 aliphatic heterocycles. The summed E-state index contributed by atoms with van der Waals surface area (Å²) in [6.07, 6.45) is 1.03. The van der Waals surface area contributed by atoms with Crippen LogP contribution in [-0.2, 0) is 4.43 Å². The van der Waals surface area contributed by atoms with Crippen LogP contribution >= 0.6 is 0 Å². The van der Waals surface area contributed by atoms with E-state index in [1.807, 2.05) is 0 Å². The Balaban J connectivity index is 4.17. The molecule has 0 aromatic rings. The van der Waals surface area contributed by atoms with Gasteiger partial charge in [-0.2, -0.15) is 0 Å². The molecule has 0 radical (unpaired) electrons. The second-order valence-electron chi connectivity index (χ2n) is 7.45. The van der Waals surface area contributed by atoms with Gasteiger partial charge in [-0.3, -0.25) is 0 Å². The summed E-state index contributed by atoms with van der Waals surface area (Å²) in [6.45, 7) is 18.9. The summed E-state index contributed by atoms with van der Waals surface area (Å²) < 4.78 is 6.16. The predicted molar refractivity (Wildman–Crippen MR) is 77.8 cm³/mol. The Kier molecular flexibility index (Phi) is 5.90. The highest BCUT2D eigenvalue weighted by Crippen LogP contribution is 2.37. The molecule has 3 heteroatoms. The van der Waals surface area contributed by atoms with E-state index in [9.17, 15) is 5.11 Å². The highest BCUT2D eigenvalue weighted by Gasteiger charge is 2.37. The van der Waals surface area contributed by atoms with Gasteiger partial charge in [-0.05, 0) is 35.9 Å². The molecular weight excluding hydrogens is 228 g/mol. The molecule has 2 nitrogen and oxygen atoms in total. The molecule has 0 aromatic carbocycles. The molecule has 0 saturated carbocycles. The first kappa shape index (κ1) is 17.1. The number of aliphatic hydroxyl groups is 1. The van der Waals surface area contributed by atoms with Crippen LogP contribution < -0.4 is 0 Å². The van der Waals surface area contributed by atoms with Gasteiger partial charge in [0.25, 0.3) is 0 Å². The summed E-state index contributed by atoms with van der Waals surface area (Å²) in [5.41, 5.74) is -0.00318. The van der Waals surface area contributed by atoms with E-state index in [1.54, 1.807) is 0 Å². The highest BCUT2D eigenvalue weighted by molar-refractivity contribution is 6.74. The maximum Gasteiger partial charge on any atom is 0.191 e. The Morgan fingerprint density at radius 2 is 1.59 bits per heavy atom. The Bertz CT molecular complexity index is 229. The smallest absolute Gasteiger partial charge is 0.191 e. The van der Waals surface area contributed by atoms with E-state index >= 15 is 0 Å². The van der Waals surface area contributed by atoms with Crippen LogP contribution in [0.2, 0.25) is 18.1 Å². The van der Waals surface area contributed by atoms with Gasteiger partial charge in [0.15, 0.2) is 8.32 Å². The van der Waals surface area contributed by atoms with E-state index in [0.29, 0.717) is 5.92 Å². The highest BCUT2D eigenvalue weighted by atomic mass is 28.4. The predicted octanol–water partition coefficient (Wildman–Crippen LogP) is 4.05. The van der Waals surface area contributed by atoms with E-state index in [2.05, 4.69) is 54.6 Å². The van der Waals surface area contributed by atoms with Crippen molar-refractivity contribution in [1.82, 2.24) is 0 Å². The molecule has 1 atom stereocenters. The van der Waals surface area contributed by atoms with Crippen molar-refractivity contribution < 1.29 is 9.53 Å². The van der Waals surface area contributed by atoms with Crippen LogP contribution in [0.3, 0.4) is 0 Å². The second-order valence-corrected chi connectivity index (χ2v) is 12.3. The van der Waals surface area contributed by atoms with E-state index in [-0.39, 0.29) is 17.1 Å². The Morgan fingerprint density at radius 1 is 1.12 bits per heavy atom. The first-order chi connectivity index (χ1) is 7.44. The lowest BCUT2D eigenvalue weighted by molar-refractivity contribution is 0.0891. The van der Waals surface area contributed by atoms with E-state index in [4.69, 9.17) is 4.43 Å². The summed E-state index contributed by atoms with van der Waals surface area (Å²) >= 11 is 0. The van der Waals surface area contributed by atoms with Gasteiger partial charge in [-0.15, -0.1) is 0 Å². The molecular formula is C14H32O2Si. The zero-order chi connectivity index (χ0) is 13.9. The van der Waals surface area contributed by atoms with Crippen molar-refractivity contribution in [1.29, 1.82) is 0 Å². The molecule has 0 bridgehead atoms. The SMILES string of the molecule is C[C@@H](CCO[Si](C)(C)C(C)(C)C)C(C)(C)CO. The third-order valence-corrected chi connectivity index (χ3v) is 9.10. The fourth-order valence-corrected chi connectivity index (χ4v) is 2.32. The first-order valence-corrected chi connectivity index (χ1v) is 9.60. The van der Waals surface area contributed by atoms with Crippen molar-refractivity contribution in [2.45, 2.75) is 66.1 Å². The molecule has 0 saturated heterocycles. The van der Waals surface area contributed by atoms with Gasteiger partial charge in [-0.25, -0.2) is 0 Å². The Hall–Kier alpha value is 0.137. The molecule has 0 heterocycles. The normalized spacial score (nSPS) is 16.1. The fraction of sp³-hybridized carbons (Fsp3) is 1.00. The summed E-state index contributed by atoms with van der Waals surface area (Å²) in [4.78, 5) is 0. The molecule has 0 unspecified atom stereocenters. The van der Waals surface area contributed by atoms with E-state index in [0.717, 1.165) is 13.0 Å². The van der Waals surface area contributed by atoms with Crippen LogP contribution in [0.4, 0.5) is 0 Å². The molecule has 0 amide bonds. The minimum absolute atomic E-state index is 0.00318. The van der Waals surface area contributed by atoms with Crippen LogP contribution in [0.5, 0.6) is 0 Å². The van der Waals surface area contributed by atoms with Gasteiger partial charge >= 0.3 is 0 Å². The molecule has 0 aliphatic rings. The largest absolute Gasteiger partial charge is 0.417 e. The quantitative estimate of drug-likeness (QED) is 0.730. The monoisotopic (exact) mass is 260 g/mol. The maximum absolute atomic E-state index is 9.32.